The fourth-order valence-electron chi connectivity index (χ4n) is 4.44. The number of rotatable bonds is 7. The Morgan fingerprint density at radius 2 is 1.82 bits per heavy atom. The van der Waals surface area contributed by atoms with Crippen LogP contribution in [0.25, 0.3) is 5.57 Å². The predicted octanol–water partition coefficient (Wildman–Crippen LogP) is 3.57. The Labute approximate surface area is 226 Å². The predicted molar refractivity (Wildman–Crippen MR) is 145 cm³/mol. The number of nitrogens with zero attached hydrogens (tertiary/aromatic N) is 1. The molecule has 0 atom stereocenters. The van der Waals surface area contributed by atoms with Gasteiger partial charge >= 0.3 is 0 Å². The molecule has 0 spiro atoms. The number of hydrogen-bond donors (Lipinski definition) is 1. The molecule has 9 nitrogen and oxygen atoms in total. The molecule has 1 saturated heterocycles. The number of carbonyl (C=O) groups is 1. The normalized spacial score (nSPS) is 15.4. The molecule has 3 aromatic carbocycles. The lowest BCUT2D eigenvalue weighted by Gasteiger charge is -2.26. The van der Waals surface area contributed by atoms with Crippen LogP contribution in [0.2, 0.25) is 0 Å². The van der Waals surface area contributed by atoms with Crippen LogP contribution in [0.4, 0.5) is 5.69 Å². The zero-order chi connectivity index (χ0) is 27.4. The van der Waals surface area contributed by atoms with Gasteiger partial charge in [-0.2, -0.15) is 4.31 Å². The number of hydrogen-bond acceptors (Lipinski definition) is 7. The van der Waals surface area contributed by atoms with E-state index in [0.29, 0.717) is 36.0 Å². The second-order valence-electron chi connectivity index (χ2n) is 8.94. The average molecular weight is 547 g/mol. The van der Waals surface area contributed by atoms with Gasteiger partial charge in [-0.15, -0.1) is 0 Å². The second-order valence-corrected chi connectivity index (χ2v) is 10.9. The van der Waals surface area contributed by atoms with Crippen LogP contribution in [0, 0.1) is 6.92 Å². The van der Waals surface area contributed by atoms with Gasteiger partial charge in [-0.05, 0) is 48.4 Å². The average Bonchev–Trinajstić information content (AvgIpc) is 2.97. The van der Waals surface area contributed by atoms with Gasteiger partial charge in [-0.3, -0.25) is 4.79 Å². The monoisotopic (exact) mass is 546 g/mol. The Balaban J connectivity index is 1.29. The molecule has 1 N–H and O–H groups in total. The summed E-state index contributed by atoms with van der Waals surface area (Å²) in [6.07, 6.45) is 1.64. The molecule has 1 fully saturated rings. The lowest BCUT2D eigenvalue weighted by atomic mass is 9.93. The molecule has 0 unspecified atom stereocenters. The highest BCUT2D eigenvalue weighted by Gasteiger charge is 2.27. The van der Waals surface area contributed by atoms with Crippen LogP contribution in [0.15, 0.2) is 83.5 Å². The van der Waals surface area contributed by atoms with Gasteiger partial charge in [0.25, 0.3) is 5.91 Å². The van der Waals surface area contributed by atoms with Gasteiger partial charge < -0.3 is 19.5 Å². The van der Waals surface area contributed by atoms with E-state index in [1.807, 2.05) is 42.3 Å². The van der Waals surface area contributed by atoms with E-state index >= 15 is 0 Å². The third-order valence-electron chi connectivity index (χ3n) is 6.40. The third kappa shape index (κ3) is 5.64. The summed E-state index contributed by atoms with van der Waals surface area (Å²) >= 11 is 0. The summed E-state index contributed by atoms with van der Waals surface area (Å²) in [6, 6.07) is 19.3. The number of amides is 1. The number of ether oxygens (including phenoxy) is 3. The summed E-state index contributed by atoms with van der Waals surface area (Å²) < 4.78 is 44.0. The highest BCUT2D eigenvalue weighted by Crippen LogP contribution is 2.42. The maximum atomic E-state index is 12.9. The maximum Gasteiger partial charge on any atom is 0.262 e. The summed E-state index contributed by atoms with van der Waals surface area (Å²) in [7, 11) is -3.70. The fourth-order valence-corrected chi connectivity index (χ4v) is 5.89. The van der Waals surface area contributed by atoms with Gasteiger partial charge in [-0.25, -0.2) is 13.2 Å². The molecular formula is C29H26N2O7S. The minimum Gasteiger partial charge on any atom is -0.483 e. The molecule has 0 aromatic heterocycles. The number of fused-ring (bicyclic) bond motifs is 1. The van der Waals surface area contributed by atoms with E-state index in [0.717, 1.165) is 16.7 Å². The van der Waals surface area contributed by atoms with Crippen LogP contribution < -0.4 is 14.8 Å². The minimum atomic E-state index is -3.70. The Bertz CT molecular complexity index is 1590. The van der Waals surface area contributed by atoms with Gasteiger partial charge in [0.15, 0.2) is 12.5 Å². The maximum absolute atomic E-state index is 12.9. The first kappa shape index (κ1) is 26.4. The van der Waals surface area contributed by atoms with Crippen molar-refractivity contribution in [3.05, 3.63) is 95.3 Å². The van der Waals surface area contributed by atoms with E-state index in [1.165, 1.54) is 16.4 Å². The number of morpholine rings is 1. The van der Waals surface area contributed by atoms with Crippen LogP contribution >= 0.6 is 0 Å². The molecule has 10 heteroatoms. The standard InChI is InChI=1S/C29H26N2O7S/c1-20-27(11-10-25-26(21-6-3-2-4-7-21)17-23(18-32)38-29(20)25)37-19-28(33)30-22-8-5-9-24(16-22)39(34,35)31-12-14-36-15-13-31/h2-11,16-17H,12-15,19H2,1H3,(H,30,33). The molecule has 3 aromatic rings. The number of anilines is 1. The van der Waals surface area contributed by atoms with Crippen molar-refractivity contribution in [3.8, 4) is 11.5 Å². The largest absolute Gasteiger partial charge is 0.483 e. The van der Waals surface area contributed by atoms with E-state index in [9.17, 15) is 18.0 Å². The molecule has 2 heterocycles. The Kier molecular flexibility index (Phi) is 7.63. The van der Waals surface area contributed by atoms with Crippen LogP contribution in [-0.2, 0) is 24.3 Å². The number of carbonyl (C=O) groups excluding carboxylic acids is 2. The zero-order valence-electron chi connectivity index (χ0n) is 21.2. The molecule has 2 aliphatic heterocycles. The smallest absolute Gasteiger partial charge is 0.262 e. The van der Waals surface area contributed by atoms with Crippen LogP contribution in [0.3, 0.4) is 0 Å². The molecule has 0 bridgehead atoms. The molecule has 1 amide bonds. The topological polar surface area (TPSA) is 111 Å². The molecule has 0 saturated carbocycles. The number of allylic oxidation sites excluding steroid dienone is 1. The first-order valence-corrected chi connectivity index (χ1v) is 13.8. The van der Waals surface area contributed by atoms with Crippen molar-refractivity contribution in [1.29, 1.82) is 0 Å². The van der Waals surface area contributed by atoms with Crippen molar-refractivity contribution in [2.24, 2.45) is 0 Å². The van der Waals surface area contributed by atoms with Gasteiger partial charge in [0, 0.05) is 36.0 Å². The van der Waals surface area contributed by atoms with E-state index in [-0.39, 0.29) is 30.4 Å². The van der Waals surface area contributed by atoms with Crippen molar-refractivity contribution in [3.63, 3.8) is 0 Å². The number of benzene rings is 3. The Morgan fingerprint density at radius 1 is 1.05 bits per heavy atom. The van der Waals surface area contributed by atoms with E-state index in [1.54, 1.807) is 31.2 Å². The van der Waals surface area contributed by atoms with Gasteiger partial charge in [0.1, 0.15) is 11.5 Å². The van der Waals surface area contributed by atoms with Crippen molar-refractivity contribution in [2.45, 2.75) is 11.8 Å². The molecule has 200 valence electrons. The summed E-state index contributed by atoms with van der Waals surface area (Å²) in [6.45, 7) is 2.71. The lowest BCUT2D eigenvalue weighted by Crippen LogP contribution is -2.40. The molecule has 0 radical (unpaired) electrons. The first-order valence-electron chi connectivity index (χ1n) is 12.3. The minimum absolute atomic E-state index is 0.0475. The van der Waals surface area contributed by atoms with E-state index < -0.39 is 15.9 Å². The second kappa shape index (κ2) is 11.3. The fraction of sp³-hybridized carbons (Fsp3) is 0.207. The number of nitrogens with one attached hydrogen (secondary N) is 1. The van der Waals surface area contributed by atoms with Crippen molar-refractivity contribution in [2.75, 3.05) is 38.2 Å². The molecule has 2 aliphatic rings. The molecule has 39 heavy (non-hydrogen) atoms. The van der Waals surface area contributed by atoms with Crippen LogP contribution in [0.5, 0.6) is 11.5 Å². The van der Waals surface area contributed by atoms with Crippen molar-refractivity contribution < 1.29 is 32.2 Å². The van der Waals surface area contributed by atoms with Gasteiger partial charge in [0.2, 0.25) is 15.8 Å². The zero-order valence-corrected chi connectivity index (χ0v) is 22.0. The summed E-state index contributed by atoms with van der Waals surface area (Å²) in [4.78, 5) is 24.2. The summed E-state index contributed by atoms with van der Waals surface area (Å²) in [5.41, 5.74) is 3.47. The van der Waals surface area contributed by atoms with Gasteiger partial charge in [-0.1, -0.05) is 36.4 Å². The van der Waals surface area contributed by atoms with Gasteiger partial charge in [0.05, 0.1) is 18.1 Å². The Hall–Kier alpha value is -4.21. The van der Waals surface area contributed by atoms with Crippen molar-refractivity contribution >= 4 is 33.1 Å². The molecular weight excluding hydrogens is 520 g/mol. The quantitative estimate of drug-likeness (QED) is 0.451. The SMILES string of the molecule is Cc1c(OCC(=O)Nc2cccc(S(=O)(=O)N3CCOCC3)c2)ccc2c1OC(=C=O)C=C2c1ccccc1. The molecule has 5 rings (SSSR count). The first-order chi connectivity index (χ1) is 18.9. The van der Waals surface area contributed by atoms with Crippen molar-refractivity contribution in [1.82, 2.24) is 4.31 Å². The lowest BCUT2D eigenvalue weighted by molar-refractivity contribution is -0.118. The van der Waals surface area contributed by atoms with Crippen LogP contribution in [-0.4, -0.2) is 57.5 Å². The highest BCUT2D eigenvalue weighted by molar-refractivity contribution is 7.89. The molecule has 0 aliphatic carbocycles. The third-order valence-corrected chi connectivity index (χ3v) is 8.30. The van der Waals surface area contributed by atoms with E-state index in [2.05, 4.69) is 5.32 Å². The van der Waals surface area contributed by atoms with Crippen LogP contribution in [0.1, 0.15) is 16.7 Å². The summed E-state index contributed by atoms with van der Waals surface area (Å²) in [5.74, 6) is 2.26. The summed E-state index contributed by atoms with van der Waals surface area (Å²) in [5, 5.41) is 2.69. The number of sulfonamides is 1. The van der Waals surface area contributed by atoms with E-state index in [4.69, 9.17) is 14.2 Å². The highest BCUT2D eigenvalue weighted by atomic mass is 32.2. The Morgan fingerprint density at radius 3 is 2.56 bits per heavy atom.